The second-order valence-electron chi connectivity index (χ2n) is 6.55. The molecule has 1 heterocycles. The van der Waals surface area contributed by atoms with Crippen LogP contribution >= 0.6 is 23.2 Å². The third-order valence-electron chi connectivity index (χ3n) is 5.17. The van der Waals surface area contributed by atoms with E-state index in [9.17, 15) is 20.2 Å². The van der Waals surface area contributed by atoms with Crippen molar-refractivity contribution in [3.05, 3.63) is 83.9 Å². The topological polar surface area (TPSA) is 98.3 Å². The van der Waals surface area contributed by atoms with Crippen molar-refractivity contribution in [3.63, 3.8) is 0 Å². The summed E-state index contributed by atoms with van der Waals surface area (Å²) < 4.78 is 0. The van der Waals surface area contributed by atoms with Gasteiger partial charge >= 0.3 is 0 Å². The fourth-order valence-corrected chi connectivity index (χ4v) is 4.46. The SMILES string of the molecule is O=[N+]([O-])c1ccc(Cl)c([C@@H]2Nc3c(Cl)ccc([N+](=O)[O-])c3[C@@H]3C=CC[C@@H]32)c1. The number of fused-ring (bicyclic) bond motifs is 3. The van der Waals surface area contributed by atoms with Crippen molar-refractivity contribution >= 4 is 40.3 Å². The molecule has 4 rings (SSSR count). The van der Waals surface area contributed by atoms with E-state index in [1.54, 1.807) is 0 Å². The summed E-state index contributed by atoms with van der Waals surface area (Å²) in [6, 6.07) is 6.84. The number of benzene rings is 2. The molecule has 1 aliphatic heterocycles. The molecular formula is C18H13Cl2N3O4. The summed E-state index contributed by atoms with van der Waals surface area (Å²) in [4.78, 5) is 21.8. The zero-order chi connectivity index (χ0) is 19.3. The smallest absolute Gasteiger partial charge is 0.275 e. The first-order valence-electron chi connectivity index (χ1n) is 8.22. The molecule has 0 saturated heterocycles. The molecule has 0 bridgehead atoms. The Kier molecular flexibility index (Phi) is 4.28. The third kappa shape index (κ3) is 2.83. The highest BCUT2D eigenvalue weighted by molar-refractivity contribution is 6.33. The average molecular weight is 406 g/mol. The van der Waals surface area contributed by atoms with Gasteiger partial charge in [0.1, 0.15) is 0 Å². The predicted molar refractivity (Wildman–Crippen MR) is 103 cm³/mol. The maximum absolute atomic E-state index is 11.5. The standard InChI is InChI=1S/C18H13Cl2N3O4/c19-13-5-4-9(22(24)25)8-12(13)17-11-3-1-2-10(11)16-15(23(26)27)7-6-14(20)18(16)21-17/h1-2,4-8,10-11,17,21H,3H2/t10-,11+,17-/m1/s1. The van der Waals surface area contributed by atoms with Crippen molar-refractivity contribution < 1.29 is 9.85 Å². The quantitative estimate of drug-likeness (QED) is 0.404. The van der Waals surface area contributed by atoms with Crippen LogP contribution in [-0.4, -0.2) is 9.85 Å². The number of halogens is 2. The number of hydrogen-bond donors (Lipinski definition) is 1. The van der Waals surface area contributed by atoms with Gasteiger partial charge in [0.15, 0.2) is 0 Å². The zero-order valence-electron chi connectivity index (χ0n) is 13.8. The minimum Gasteiger partial charge on any atom is -0.376 e. The fraction of sp³-hybridized carbons (Fsp3) is 0.222. The highest BCUT2D eigenvalue weighted by Gasteiger charge is 2.43. The number of rotatable bonds is 3. The minimum absolute atomic E-state index is 0.00652. The molecule has 0 spiro atoms. The van der Waals surface area contributed by atoms with Crippen LogP contribution in [0.5, 0.6) is 0 Å². The van der Waals surface area contributed by atoms with Crippen LogP contribution in [0, 0.1) is 26.1 Å². The van der Waals surface area contributed by atoms with E-state index in [1.165, 1.54) is 30.3 Å². The summed E-state index contributed by atoms with van der Waals surface area (Å²) in [5.74, 6) is -0.283. The van der Waals surface area contributed by atoms with Gasteiger partial charge in [0, 0.05) is 34.7 Å². The largest absolute Gasteiger partial charge is 0.376 e. The molecule has 1 N–H and O–H groups in total. The van der Waals surface area contributed by atoms with Crippen LogP contribution in [0.15, 0.2) is 42.5 Å². The van der Waals surface area contributed by atoms with E-state index in [1.807, 2.05) is 12.2 Å². The molecule has 1 aliphatic carbocycles. The van der Waals surface area contributed by atoms with Crippen molar-refractivity contribution in [2.45, 2.75) is 18.4 Å². The van der Waals surface area contributed by atoms with Crippen molar-refractivity contribution in [2.75, 3.05) is 5.32 Å². The lowest BCUT2D eigenvalue weighted by Gasteiger charge is -2.37. The molecule has 2 aliphatic rings. The summed E-state index contributed by atoms with van der Waals surface area (Å²) in [7, 11) is 0. The van der Waals surface area contributed by atoms with E-state index >= 15 is 0 Å². The normalized spacial score (nSPS) is 22.7. The van der Waals surface area contributed by atoms with Crippen LogP contribution in [0.2, 0.25) is 10.0 Å². The number of nitrogens with zero attached hydrogens (tertiary/aromatic N) is 2. The van der Waals surface area contributed by atoms with Crippen LogP contribution in [0.1, 0.15) is 29.5 Å². The Labute approximate surface area is 163 Å². The van der Waals surface area contributed by atoms with Gasteiger partial charge in [-0.3, -0.25) is 20.2 Å². The van der Waals surface area contributed by atoms with Gasteiger partial charge < -0.3 is 5.32 Å². The molecule has 27 heavy (non-hydrogen) atoms. The van der Waals surface area contributed by atoms with E-state index in [4.69, 9.17) is 23.2 Å². The molecule has 2 aromatic rings. The summed E-state index contributed by atoms with van der Waals surface area (Å²) in [5.41, 5.74) is 1.55. The molecule has 9 heteroatoms. The van der Waals surface area contributed by atoms with Gasteiger partial charge in [0.05, 0.1) is 32.2 Å². The number of nitro groups is 2. The lowest BCUT2D eigenvalue weighted by atomic mass is 9.76. The van der Waals surface area contributed by atoms with Crippen LogP contribution in [0.3, 0.4) is 0 Å². The van der Waals surface area contributed by atoms with E-state index in [0.29, 0.717) is 33.3 Å². The molecule has 0 fully saturated rings. The number of hydrogen-bond acceptors (Lipinski definition) is 5. The van der Waals surface area contributed by atoms with Gasteiger partial charge in [-0.1, -0.05) is 35.4 Å². The molecular weight excluding hydrogens is 393 g/mol. The van der Waals surface area contributed by atoms with Gasteiger partial charge in [0.25, 0.3) is 11.4 Å². The number of non-ortho nitro benzene ring substituents is 1. The third-order valence-corrected chi connectivity index (χ3v) is 5.83. The second kappa shape index (κ2) is 6.51. The van der Waals surface area contributed by atoms with E-state index in [2.05, 4.69) is 5.32 Å². The minimum atomic E-state index is -0.473. The Morgan fingerprint density at radius 2 is 1.78 bits per heavy atom. The molecule has 0 saturated carbocycles. The number of nitro benzene ring substituents is 2. The number of allylic oxidation sites excluding steroid dienone is 2. The highest BCUT2D eigenvalue weighted by atomic mass is 35.5. The molecule has 3 atom stereocenters. The molecule has 0 amide bonds. The van der Waals surface area contributed by atoms with Gasteiger partial charge in [-0.15, -0.1) is 0 Å². The van der Waals surface area contributed by atoms with Crippen molar-refractivity contribution in [2.24, 2.45) is 5.92 Å². The zero-order valence-corrected chi connectivity index (χ0v) is 15.3. The van der Waals surface area contributed by atoms with E-state index in [-0.39, 0.29) is 29.3 Å². The lowest BCUT2D eigenvalue weighted by Crippen LogP contribution is -2.30. The Hall–Kier alpha value is -2.64. The maximum Gasteiger partial charge on any atom is 0.275 e. The maximum atomic E-state index is 11.5. The molecule has 7 nitrogen and oxygen atoms in total. The Balaban J connectivity index is 1.89. The van der Waals surface area contributed by atoms with Crippen LogP contribution in [-0.2, 0) is 0 Å². The van der Waals surface area contributed by atoms with Crippen molar-refractivity contribution in [1.29, 1.82) is 0 Å². The molecule has 0 unspecified atom stereocenters. The van der Waals surface area contributed by atoms with E-state index < -0.39 is 9.85 Å². The summed E-state index contributed by atoms with van der Waals surface area (Å²) in [6.45, 7) is 0. The molecule has 0 aromatic heterocycles. The summed E-state index contributed by atoms with van der Waals surface area (Å²) in [6.07, 6.45) is 4.57. The first kappa shape index (κ1) is 17.8. The Bertz CT molecular complexity index is 1010. The molecule has 138 valence electrons. The van der Waals surface area contributed by atoms with Crippen LogP contribution < -0.4 is 5.32 Å². The fourth-order valence-electron chi connectivity index (χ4n) is 4.00. The average Bonchev–Trinajstić information content (AvgIpc) is 3.11. The van der Waals surface area contributed by atoms with Gasteiger partial charge in [0.2, 0.25) is 0 Å². The number of anilines is 1. The van der Waals surface area contributed by atoms with Crippen LogP contribution in [0.4, 0.5) is 17.1 Å². The number of nitrogens with one attached hydrogen (secondary N) is 1. The summed E-state index contributed by atoms with van der Waals surface area (Å²) >= 11 is 12.7. The van der Waals surface area contributed by atoms with Gasteiger partial charge in [-0.2, -0.15) is 0 Å². The molecule has 0 radical (unpaired) electrons. The Morgan fingerprint density at radius 1 is 1.04 bits per heavy atom. The second-order valence-corrected chi connectivity index (χ2v) is 7.37. The van der Waals surface area contributed by atoms with Gasteiger partial charge in [-0.05, 0) is 24.5 Å². The predicted octanol–water partition coefficient (Wildman–Crippen LogP) is 5.64. The van der Waals surface area contributed by atoms with E-state index in [0.717, 1.165) is 0 Å². The lowest BCUT2D eigenvalue weighted by molar-refractivity contribution is -0.385. The monoisotopic (exact) mass is 405 g/mol. The van der Waals surface area contributed by atoms with Crippen LogP contribution in [0.25, 0.3) is 0 Å². The highest BCUT2D eigenvalue weighted by Crippen LogP contribution is 2.55. The first-order valence-corrected chi connectivity index (χ1v) is 8.98. The first-order chi connectivity index (χ1) is 12.9. The molecule has 2 aromatic carbocycles. The van der Waals surface area contributed by atoms with Gasteiger partial charge in [-0.25, -0.2) is 0 Å². The Morgan fingerprint density at radius 3 is 2.48 bits per heavy atom. The van der Waals surface area contributed by atoms with Crippen molar-refractivity contribution in [1.82, 2.24) is 0 Å². The van der Waals surface area contributed by atoms with Crippen molar-refractivity contribution in [3.8, 4) is 0 Å². The summed E-state index contributed by atoms with van der Waals surface area (Å²) in [5, 5.41) is 26.7.